The first-order chi connectivity index (χ1) is 9.53. The van der Waals surface area contributed by atoms with Crippen molar-refractivity contribution in [2.24, 2.45) is 0 Å². The summed E-state index contributed by atoms with van der Waals surface area (Å²) < 4.78 is 5.53. The van der Waals surface area contributed by atoms with Crippen LogP contribution in [0.15, 0.2) is 18.2 Å². The summed E-state index contributed by atoms with van der Waals surface area (Å²) >= 11 is 6.19. The Morgan fingerprint density at radius 1 is 1.45 bits per heavy atom. The molecule has 1 aromatic rings. The van der Waals surface area contributed by atoms with Gasteiger partial charge in [0.25, 0.3) is 0 Å². The summed E-state index contributed by atoms with van der Waals surface area (Å²) in [7, 11) is 1.72. The van der Waals surface area contributed by atoms with Crippen LogP contribution >= 0.6 is 11.6 Å². The van der Waals surface area contributed by atoms with Gasteiger partial charge < -0.3 is 15.0 Å². The molecule has 2 atom stereocenters. The highest BCUT2D eigenvalue weighted by atomic mass is 35.5. The Morgan fingerprint density at radius 2 is 2.20 bits per heavy atom. The fourth-order valence-corrected chi connectivity index (χ4v) is 2.97. The first kappa shape index (κ1) is 15.5. The number of anilines is 1. The van der Waals surface area contributed by atoms with Crippen LogP contribution in [0.3, 0.4) is 0 Å². The van der Waals surface area contributed by atoms with E-state index >= 15 is 0 Å². The van der Waals surface area contributed by atoms with Crippen molar-refractivity contribution >= 4 is 17.3 Å². The first-order valence-electron chi connectivity index (χ1n) is 7.38. The summed E-state index contributed by atoms with van der Waals surface area (Å²) in [6.45, 7) is 8.70. The predicted octanol–water partition coefficient (Wildman–Crippen LogP) is 3.71. The van der Waals surface area contributed by atoms with E-state index in [9.17, 15) is 0 Å². The minimum atomic E-state index is 0.138. The van der Waals surface area contributed by atoms with Crippen LogP contribution in [0.2, 0.25) is 5.02 Å². The molecule has 0 aliphatic carbocycles. The number of nitrogens with one attached hydrogen (secondary N) is 1. The van der Waals surface area contributed by atoms with Gasteiger partial charge in [0, 0.05) is 29.7 Å². The quantitative estimate of drug-likeness (QED) is 0.917. The van der Waals surface area contributed by atoms with E-state index in [2.05, 4.69) is 31.0 Å². The van der Waals surface area contributed by atoms with Gasteiger partial charge in [-0.2, -0.15) is 0 Å². The largest absolute Gasteiger partial charge is 0.495 e. The van der Waals surface area contributed by atoms with E-state index in [4.69, 9.17) is 16.3 Å². The number of benzene rings is 1. The molecular weight excluding hydrogens is 272 g/mol. The van der Waals surface area contributed by atoms with Crippen LogP contribution in [-0.4, -0.2) is 31.8 Å². The van der Waals surface area contributed by atoms with Gasteiger partial charge in [0.15, 0.2) is 0 Å². The van der Waals surface area contributed by atoms with Crippen molar-refractivity contribution in [3.05, 3.63) is 23.2 Å². The van der Waals surface area contributed by atoms with Crippen molar-refractivity contribution in [3.63, 3.8) is 0 Å². The molecule has 1 heterocycles. The highest BCUT2D eigenvalue weighted by molar-refractivity contribution is 6.30. The van der Waals surface area contributed by atoms with Gasteiger partial charge in [0.05, 0.1) is 12.8 Å². The summed E-state index contributed by atoms with van der Waals surface area (Å²) in [5.74, 6) is 0.896. The molecule has 20 heavy (non-hydrogen) atoms. The predicted molar refractivity (Wildman–Crippen MR) is 86.1 cm³/mol. The molecule has 4 heteroatoms. The van der Waals surface area contributed by atoms with Gasteiger partial charge in [-0.05, 0) is 38.0 Å². The Labute approximate surface area is 127 Å². The van der Waals surface area contributed by atoms with E-state index in [0.29, 0.717) is 6.04 Å². The Bertz CT molecular complexity index is 466. The zero-order valence-electron chi connectivity index (χ0n) is 12.9. The monoisotopic (exact) mass is 296 g/mol. The molecule has 1 N–H and O–H groups in total. The second-order valence-corrected chi connectivity index (χ2v) is 6.24. The van der Waals surface area contributed by atoms with Gasteiger partial charge >= 0.3 is 0 Å². The lowest BCUT2D eigenvalue weighted by Gasteiger charge is -2.47. The van der Waals surface area contributed by atoms with E-state index in [1.165, 1.54) is 0 Å². The third kappa shape index (κ3) is 3.04. The number of hydrogen-bond acceptors (Lipinski definition) is 3. The molecule has 3 nitrogen and oxygen atoms in total. The lowest BCUT2D eigenvalue weighted by Crippen LogP contribution is -2.62. The molecule has 2 unspecified atom stereocenters. The average molecular weight is 297 g/mol. The number of rotatable bonds is 4. The molecule has 0 spiro atoms. The van der Waals surface area contributed by atoms with Crippen molar-refractivity contribution in [1.29, 1.82) is 0 Å². The van der Waals surface area contributed by atoms with Crippen molar-refractivity contribution in [2.75, 3.05) is 25.1 Å². The topological polar surface area (TPSA) is 24.5 Å². The lowest BCUT2D eigenvalue weighted by molar-refractivity contribution is 0.274. The van der Waals surface area contributed by atoms with Gasteiger partial charge in [0.1, 0.15) is 5.75 Å². The molecule has 0 aromatic heterocycles. The summed E-state index contributed by atoms with van der Waals surface area (Å²) in [6.07, 6.45) is 2.20. The Hall–Kier alpha value is -0.930. The van der Waals surface area contributed by atoms with Gasteiger partial charge in [-0.25, -0.2) is 0 Å². The van der Waals surface area contributed by atoms with Crippen LogP contribution in [0.5, 0.6) is 5.75 Å². The standard InChI is InChI=1S/C16H25ClN2O/c1-5-13-10-18-16(3,6-2)11-19(13)14-9-12(17)7-8-15(14)20-4/h7-9,13,18H,5-6,10-11H2,1-4H3. The van der Waals surface area contributed by atoms with Crippen LogP contribution in [-0.2, 0) is 0 Å². The Kier molecular flexibility index (Phi) is 4.82. The molecule has 2 rings (SSSR count). The Morgan fingerprint density at radius 3 is 2.80 bits per heavy atom. The minimum absolute atomic E-state index is 0.138. The maximum atomic E-state index is 6.19. The third-order valence-corrected chi connectivity index (χ3v) is 4.66. The number of methoxy groups -OCH3 is 1. The molecule has 112 valence electrons. The molecule has 0 amide bonds. The number of ether oxygens (including phenoxy) is 1. The van der Waals surface area contributed by atoms with Crippen LogP contribution < -0.4 is 15.0 Å². The van der Waals surface area contributed by atoms with Crippen LogP contribution in [0.25, 0.3) is 0 Å². The fourth-order valence-electron chi connectivity index (χ4n) is 2.81. The average Bonchev–Trinajstić information content (AvgIpc) is 2.47. The van der Waals surface area contributed by atoms with Gasteiger partial charge in [-0.3, -0.25) is 0 Å². The maximum absolute atomic E-state index is 6.19. The second-order valence-electron chi connectivity index (χ2n) is 5.80. The number of nitrogens with zero attached hydrogens (tertiary/aromatic N) is 1. The molecule has 1 aromatic carbocycles. The first-order valence-corrected chi connectivity index (χ1v) is 7.76. The van der Waals surface area contributed by atoms with Crippen LogP contribution in [0.4, 0.5) is 5.69 Å². The van der Waals surface area contributed by atoms with E-state index in [-0.39, 0.29) is 5.54 Å². The molecule has 1 aliphatic heterocycles. The van der Waals surface area contributed by atoms with Crippen molar-refractivity contribution in [3.8, 4) is 5.75 Å². The Balaban J connectivity index is 2.38. The second kappa shape index (κ2) is 6.23. The SMILES string of the molecule is CCC1CNC(C)(CC)CN1c1cc(Cl)ccc1OC. The summed E-state index contributed by atoms with van der Waals surface area (Å²) in [5, 5.41) is 4.44. The van der Waals surface area contributed by atoms with Crippen molar-refractivity contribution < 1.29 is 4.74 Å². The summed E-state index contributed by atoms with van der Waals surface area (Å²) in [5.41, 5.74) is 1.24. The van der Waals surface area contributed by atoms with Gasteiger partial charge in [0.2, 0.25) is 0 Å². The molecular formula is C16H25ClN2O. The van der Waals surface area contributed by atoms with Crippen molar-refractivity contribution in [2.45, 2.75) is 45.2 Å². The van der Waals surface area contributed by atoms with E-state index in [1.54, 1.807) is 7.11 Å². The fraction of sp³-hybridized carbons (Fsp3) is 0.625. The highest BCUT2D eigenvalue weighted by Crippen LogP contribution is 2.35. The normalized spacial score (nSPS) is 26.6. The van der Waals surface area contributed by atoms with Crippen molar-refractivity contribution in [1.82, 2.24) is 5.32 Å². The number of hydrogen-bond donors (Lipinski definition) is 1. The van der Waals surface area contributed by atoms with Gasteiger partial charge in [-0.15, -0.1) is 0 Å². The van der Waals surface area contributed by atoms with E-state index < -0.39 is 0 Å². The van der Waals surface area contributed by atoms with Crippen LogP contribution in [0.1, 0.15) is 33.6 Å². The molecule has 0 bridgehead atoms. The van der Waals surface area contributed by atoms with Gasteiger partial charge in [-0.1, -0.05) is 25.4 Å². The zero-order valence-corrected chi connectivity index (χ0v) is 13.6. The zero-order chi connectivity index (χ0) is 14.8. The number of halogens is 1. The highest BCUT2D eigenvalue weighted by Gasteiger charge is 2.35. The molecule has 1 aliphatic rings. The minimum Gasteiger partial charge on any atom is -0.495 e. The summed E-state index contributed by atoms with van der Waals surface area (Å²) in [4.78, 5) is 2.45. The smallest absolute Gasteiger partial charge is 0.142 e. The molecule has 0 saturated carbocycles. The van der Waals surface area contributed by atoms with E-state index in [0.717, 1.165) is 42.4 Å². The van der Waals surface area contributed by atoms with E-state index in [1.807, 2.05) is 18.2 Å². The van der Waals surface area contributed by atoms with Crippen LogP contribution in [0, 0.1) is 0 Å². The molecule has 1 fully saturated rings. The number of piperazine rings is 1. The third-order valence-electron chi connectivity index (χ3n) is 4.43. The maximum Gasteiger partial charge on any atom is 0.142 e. The summed E-state index contributed by atoms with van der Waals surface area (Å²) in [6, 6.07) is 6.33. The molecule has 1 saturated heterocycles. The lowest BCUT2D eigenvalue weighted by atomic mass is 9.92. The molecule has 0 radical (unpaired) electrons.